The van der Waals surface area contributed by atoms with Crippen LogP contribution in [0.25, 0.3) is 0 Å². The quantitative estimate of drug-likeness (QED) is 0.519. The van der Waals surface area contributed by atoms with Crippen LogP contribution in [-0.4, -0.2) is 36.8 Å². The summed E-state index contributed by atoms with van der Waals surface area (Å²) in [6, 6.07) is 20.0. The lowest BCUT2D eigenvalue weighted by Gasteiger charge is -2.23. The van der Waals surface area contributed by atoms with Crippen molar-refractivity contribution in [2.24, 2.45) is 0 Å². The van der Waals surface area contributed by atoms with E-state index in [0.29, 0.717) is 19.1 Å². The standard InChI is InChI=1S/C23H28N4O2/c1-4-27(17-19-8-6-5-7-9-19)22-16-18(2)25-23(26-22)24-14-15-29-21-12-10-20(28-3)11-13-21/h5-13,16H,4,14-15,17H2,1-3H3,(H,24,25,26). The summed E-state index contributed by atoms with van der Waals surface area (Å²) in [5, 5.41) is 3.26. The molecule has 2 aromatic carbocycles. The van der Waals surface area contributed by atoms with Crippen molar-refractivity contribution in [3.8, 4) is 11.5 Å². The first-order valence-corrected chi connectivity index (χ1v) is 9.83. The van der Waals surface area contributed by atoms with Gasteiger partial charge >= 0.3 is 0 Å². The Labute approximate surface area is 172 Å². The van der Waals surface area contributed by atoms with Gasteiger partial charge in [-0.15, -0.1) is 0 Å². The van der Waals surface area contributed by atoms with Crippen LogP contribution in [0.5, 0.6) is 11.5 Å². The van der Waals surface area contributed by atoms with Gasteiger partial charge in [0.25, 0.3) is 0 Å². The molecule has 0 bridgehead atoms. The van der Waals surface area contributed by atoms with E-state index in [0.717, 1.165) is 36.1 Å². The van der Waals surface area contributed by atoms with Crippen LogP contribution >= 0.6 is 0 Å². The van der Waals surface area contributed by atoms with Gasteiger partial charge in [-0.05, 0) is 43.7 Å². The Morgan fingerprint density at radius 2 is 1.69 bits per heavy atom. The number of aryl methyl sites for hydroxylation is 1. The highest BCUT2D eigenvalue weighted by Gasteiger charge is 2.10. The first kappa shape index (κ1) is 20.5. The average Bonchev–Trinajstić information content (AvgIpc) is 2.76. The Kier molecular flexibility index (Phi) is 7.28. The molecular formula is C23H28N4O2. The highest BCUT2D eigenvalue weighted by molar-refractivity contribution is 5.45. The summed E-state index contributed by atoms with van der Waals surface area (Å²) in [5.74, 6) is 3.15. The van der Waals surface area contributed by atoms with E-state index >= 15 is 0 Å². The number of aromatic nitrogens is 2. The van der Waals surface area contributed by atoms with E-state index < -0.39 is 0 Å². The lowest BCUT2D eigenvalue weighted by Crippen LogP contribution is -2.24. The Hall–Kier alpha value is -3.28. The van der Waals surface area contributed by atoms with Gasteiger partial charge in [0.15, 0.2) is 0 Å². The van der Waals surface area contributed by atoms with Crippen molar-refractivity contribution < 1.29 is 9.47 Å². The molecule has 0 spiro atoms. The minimum Gasteiger partial charge on any atom is -0.497 e. The number of benzene rings is 2. The summed E-state index contributed by atoms with van der Waals surface area (Å²) < 4.78 is 10.9. The summed E-state index contributed by atoms with van der Waals surface area (Å²) in [6.45, 7) is 6.93. The van der Waals surface area contributed by atoms with E-state index in [1.165, 1.54) is 5.56 Å². The number of ether oxygens (including phenoxy) is 2. The number of nitrogens with one attached hydrogen (secondary N) is 1. The van der Waals surface area contributed by atoms with Crippen LogP contribution in [-0.2, 0) is 6.54 Å². The Bertz CT molecular complexity index is 885. The first-order chi connectivity index (χ1) is 14.2. The highest BCUT2D eigenvalue weighted by Crippen LogP contribution is 2.18. The molecule has 152 valence electrons. The normalized spacial score (nSPS) is 10.4. The second kappa shape index (κ2) is 10.3. The maximum Gasteiger partial charge on any atom is 0.224 e. The van der Waals surface area contributed by atoms with Crippen LogP contribution in [0.4, 0.5) is 11.8 Å². The number of hydrogen-bond acceptors (Lipinski definition) is 6. The van der Waals surface area contributed by atoms with Crippen molar-refractivity contribution in [1.29, 1.82) is 0 Å². The molecule has 0 unspecified atom stereocenters. The smallest absolute Gasteiger partial charge is 0.224 e. The van der Waals surface area contributed by atoms with Gasteiger partial charge in [-0.25, -0.2) is 4.98 Å². The Balaban J connectivity index is 1.57. The largest absolute Gasteiger partial charge is 0.497 e. The van der Waals surface area contributed by atoms with Gasteiger partial charge in [0.2, 0.25) is 5.95 Å². The third-order valence-corrected chi connectivity index (χ3v) is 4.48. The predicted molar refractivity (Wildman–Crippen MR) is 117 cm³/mol. The first-order valence-electron chi connectivity index (χ1n) is 9.83. The molecular weight excluding hydrogens is 364 g/mol. The molecule has 0 saturated carbocycles. The van der Waals surface area contributed by atoms with Crippen molar-refractivity contribution >= 4 is 11.8 Å². The fraction of sp³-hybridized carbons (Fsp3) is 0.304. The fourth-order valence-corrected chi connectivity index (χ4v) is 2.96. The molecule has 0 atom stereocenters. The predicted octanol–water partition coefficient (Wildman–Crippen LogP) is 4.31. The van der Waals surface area contributed by atoms with Crippen molar-refractivity contribution in [3.63, 3.8) is 0 Å². The van der Waals surface area contributed by atoms with Gasteiger partial charge in [-0.3, -0.25) is 0 Å². The van der Waals surface area contributed by atoms with E-state index in [4.69, 9.17) is 14.5 Å². The summed E-state index contributed by atoms with van der Waals surface area (Å²) in [5.41, 5.74) is 2.19. The van der Waals surface area contributed by atoms with E-state index in [-0.39, 0.29) is 0 Å². The van der Waals surface area contributed by atoms with Gasteiger partial charge in [-0.2, -0.15) is 4.98 Å². The second-order valence-electron chi connectivity index (χ2n) is 6.64. The molecule has 6 nitrogen and oxygen atoms in total. The van der Waals surface area contributed by atoms with Crippen LogP contribution in [0.3, 0.4) is 0 Å². The second-order valence-corrected chi connectivity index (χ2v) is 6.64. The summed E-state index contributed by atoms with van der Waals surface area (Å²) in [7, 11) is 1.65. The van der Waals surface area contributed by atoms with Crippen molar-refractivity contribution in [2.45, 2.75) is 20.4 Å². The highest BCUT2D eigenvalue weighted by atomic mass is 16.5. The molecule has 0 radical (unpaired) electrons. The topological polar surface area (TPSA) is 59.5 Å². The molecule has 29 heavy (non-hydrogen) atoms. The number of nitrogens with zero attached hydrogens (tertiary/aromatic N) is 3. The number of anilines is 2. The zero-order valence-electron chi connectivity index (χ0n) is 17.3. The minimum atomic E-state index is 0.514. The molecule has 6 heteroatoms. The molecule has 1 aromatic heterocycles. The van der Waals surface area contributed by atoms with Gasteiger partial charge in [0.05, 0.1) is 13.7 Å². The molecule has 0 saturated heterocycles. The number of hydrogen-bond donors (Lipinski definition) is 1. The molecule has 3 rings (SSSR count). The van der Waals surface area contributed by atoms with Gasteiger partial charge in [-0.1, -0.05) is 30.3 Å². The lowest BCUT2D eigenvalue weighted by molar-refractivity contribution is 0.331. The third kappa shape index (κ3) is 6.10. The number of rotatable bonds is 10. The molecule has 0 aliphatic carbocycles. The minimum absolute atomic E-state index is 0.514. The molecule has 3 aromatic rings. The van der Waals surface area contributed by atoms with E-state index in [9.17, 15) is 0 Å². The molecule has 1 heterocycles. The van der Waals surface area contributed by atoms with Crippen LogP contribution in [0.15, 0.2) is 60.7 Å². The SMILES string of the molecule is CCN(Cc1ccccc1)c1cc(C)nc(NCCOc2ccc(OC)cc2)n1. The molecule has 0 aliphatic heterocycles. The van der Waals surface area contributed by atoms with Crippen LogP contribution in [0.2, 0.25) is 0 Å². The van der Waals surface area contributed by atoms with Crippen molar-refractivity contribution in [2.75, 3.05) is 37.0 Å². The Morgan fingerprint density at radius 1 is 0.966 bits per heavy atom. The molecule has 0 fully saturated rings. The molecule has 1 N–H and O–H groups in total. The van der Waals surface area contributed by atoms with Crippen molar-refractivity contribution in [1.82, 2.24) is 9.97 Å². The van der Waals surface area contributed by atoms with Crippen LogP contribution < -0.4 is 19.7 Å². The lowest BCUT2D eigenvalue weighted by atomic mass is 10.2. The maximum atomic E-state index is 5.75. The summed E-state index contributed by atoms with van der Waals surface area (Å²) >= 11 is 0. The van der Waals surface area contributed by atoms with Crippen LogP contribution in [0.1, 0.15) is 18.2 Å². The van der Waals surface area contributed by atoms with Crippen LogP contribution in [0, 0.1) is 6.92 Å². The summed E-state index contributed by atoms with van der Waals surface area (Å²) in [4.78, 5) is 11.4. The van der Waals surface area contributed by atoms with Gasteiger partial charge < -0.3 is 19.7 Å². The zero-order chi connectivity index (χ0) is 20.5. The Morgan fingerprint density at radius 3 is 2.38 bits per heavy atom. The molecule has 0 amide bonds. The fourth-order valence-electron chi connectivity index (χ4n) is 2.96. The van der Waals surface area contributed by atoms with Gasteiger partial charge in [0.1, 0.15) is 23.9 Å². The van der Waals surface area contributed by atoms with Gasteiger partial charge in [0, 0.05) is 24.8 Å². The summed E-state index contributed by atoms with van der Waals surface area (Å²) in [6.07, 6.45) is 0. The maximum absolute atomic E-state index is 5.75. The zero-order valence-corrected chi connectivity index (χ0v) is 17.3. The molecule has 0 aliphatic rings. The third-order valence-electron chi connectivity index (χ3n) is 4.48. The average molecular weight is 393 g/mol. The van der Waals surface area contributed by atoms with E-state index in [2.05, 4.69) is 46.4 Å². The van der Waals surface area contributed by atoms with Crippen molar-refractivity contribution in [3.05, 3.63) is 71.9 Å². The van der Waals surface area contributed by atoms with E-state index in [1.807, 2.05) is 43.3 Å². The number of methoxy groups -OCH3 is 1. The monoisotopic (exact) mass is 392 g/mol. The van der Waals surface area contributed by atoms with E-state index in [1.54, 1.807) is 7.11 Å².